The third-order valence-electron chi connectivity index (χ3n) is 3.56. The van der Waals surface area contributed by atoms with E-state index in [1.54, 1.807) is 36.5 Å². The number of pyridine rings is 1. The highest BCUT2D eigenvalue weighted by Gasteiger charge is 2.21. The van der Waals surface area contributed by atoms with Gasteiger partial charge >= 0.3 is 0 Å². The van der Waals surface area contributed by atoms with Crippen molar-refractivity contribution >= 4 is 33.4 Å². The first-order valence-electron chi connectivity index (χ1n) is 7.89. The lowest BCUT2D eigenvalue weighted by Crippen LogP contribution is -2.37. The molecule has 3 aromatic rings. The zero-order chi connectivity index (χ0) is 18.4. The summed E-state index contributed by atoms with van der Waals surface area (Å²) in [6.07, 6.45) is 4.59. The topological polar surface area (TPSA) is 75.4 Å². The minimum atomic E-state index is -0.307. The second-order valence-corrected chi connectivity index (χ2v) is 6.46. The normalized spacial score (nSPS) is 10.3. The molecule has 0 bridgehead atoms. The minimum Gasteiger partial charge on any atom is -0.467 e. The Labute approximate surface area is 159 Å². The van der Waals surface area contributed by atoms with Crippen molar-refractivity contribution in [3.63, 3.8) is 0 Å². The van der Waals surface area contributed by atoms with E-state index in [-0.39, 0.29) is 24.9 Å². The van der Waals surface area contributed by atoms with E-state index in [4.69, 9.17) is 4.42 Å². The van der Waals surface area contributed by atoms with E-state index in [0.29, 0.717) is 21.5 Å². The molecule has 0 saturated heterocycles. The van der Waals surface area contributed by atoms with Gasteiger partial charge in [-0.1, -0.05) is 18.2 Å². The number of aromatic nitrogens is 1. The highest BCUT2D eigenvalue weighted by molar-refractivity contribution is 9.10. The summed E-state index contributed by atoms with van der Waals surface area (Å²) >= 11 is 3.30. The van der Waals surface area contributed by atoms with Crippen molar-refractivity contribution in [2.24, 2.45) is 0 Å². The second kappa shape index (κ2) is 8.44. The summed E-state index contributed by atoms with van der Waals surface area (Å²) in [5.74, 6) is -0.00806. The lowest BCUT2D eigenvalue weighted by atomic mass is 10.2. The largest absolute Gasteiger partial charge is 0.467 e. The molecule has 26 heavy (non-hydrogen) atoms. The molecule has 132 valence electrons. The van der Waals surface area contributed by atoms with Crippen molar-refractivity contribution in [3.8, 4) is 0 Å². The van der Waals surface area contributed by atoms with E-state index in [1.807, 2.05) is 18.2 Å². The predicted molar refractivity (Wildman–Crippen MR) is 100 cm³/mol. The third kappa shape index (κ3) is 4.80. The van der Waals surface area contributed by atoms with Gasteiger partial charge in [0.2, 0.25) is 5.91 Å². The number of nitrogens with zero attached hydrogens (tertiary/aromatic N) is 2. The Kier molecular flexibility index (Phi) is 5.80. The summed E-state index contributed by atoms with van der Waals surface area (Å²) in [6.45, 7) is 0.0709. The van der Waals surface area contributed by atoms with Crippen LogP contribution in [0.25, 0.3) is 0 Å². The Morgan fingerprint density at radius 1 is 1.12 bits per heavy atom. The molecule has 0 spiro atoms. The molecule has 0 atom stereocenters. The summed E-state index contributed by atoms with van der Waals surface area (Å²) in [4.78, 5) is 30.7. The van der Waals surface area contributed by atoms with Gasteiger partial charge in [0.15, 0.2) is 0 Å². The molecule has 0 aliphatic heterocycles. The van der Waals surface area contributed by atoms with Crippen LogP contribution in [0.15, 0.2) is 76.1 Å². The summed E-state index contributed by atoms with van der Waals surface area (Å²) in [5.41, 5.74) is 1.06. The van der Waals surface area contributed by atoms with Gasteiger partial charge in [-0.15, -0.1) is 0 Å². The van der Waals surface area contributed by atoms with Gasteiger partial charge in [0.25, 0.3) is 5.91 Å². The maximum absolute atomic E-state index is 12.9. The predicted octanol–water partition coefficient (Wildman–Crippen LogP) is 3.72. The van der Waals surface area contributed by atoms with Gasteiger partial charge in [-0.2, -0.15) is 0 Å². The maximum Gasteiger partial charge on any atom is 0.256 e. The molecule has 0 aliphatic rings. The van der Waals surface area contributed by atoms with Gasteiger partial charge in [0, 0.05) is 22.6 Å². The van der Waals surface area contributed by atoms with Crippen LogP contribution in [0.2, 0.25) is 0 Å². The SMILES string of the molecule is O=C(CN(Cc1ccco1)C(=O)c1cncc(Br)c1)Nc1ccccc1. The van der Waals surface area contributed by atoms with Crippen molar-refractivity contribution in [1.82, 2.24) is 9.88 Å². The van der Waals surface area contributed by atoms with Crippen LogP contribution in [-0.2, 0) is 11.3 Å². The van der Waals surface area contributed by atoms with Crippen LogP contribution in [0.1, 0.15) is 16.1 Å². The van der Waals surface area contributed by atoms with Crippen molar-refractivity contribution in [1.29, 1.82) is 0 Å². The monoisotopic (exact) mass is 413 g/mol. The van der Waals surface area contributed by atoms with E-state index < -0.39 is 0 Å². The van der Waals surface area contributed by atoms with E-state index in [2.05, 4.69) is 26.2 Å². The van der Waals surface area contributed by atoms with Gasteiger partial charge in [-0.25, -0.2) is 0 Å². The van der Waals surface area contributed by atoms with Crippen LogP contribution >= 0.6 is 15.9 Å². The van der Waals surface area contributed by atoms with Gasteiger partial charge in [0.05, 0.1) is 18.4 Å². The van der Waals surface area contributed by atoms with Crippen molar-refractivity contribution in [2.45, 2.75) is 6.54 Å². The van der Waals surface area contributed by atoms with Crippen LogP contribution in [0.5, 0.6) is 0 Å². The average Bonchev–Trinajstić information content (AvgIpc) is 3.14. The van der Waals surface area contributed by atoms with Crippen molar-refractivity contribution < 1.29 is 14.0 Å². The van der Waals surface area contributed by atoms with Gasteiger partial charge in [-0.05, 0) is 46.3 Å². The maximum atomic E-state index is 12.9. The molecule has 0 fully saturated rings. The van der Waals surface area contributed by atoms with Crippen LogP contribution in [0, 0.1) is 0 Å². The van der Waals surface area contributed by atoms with Crippen LogP contribution in [0.3, 0.4) is 0 Å². The summed E-state index contributed by atoms with van der Waals surface area (Å²) in [6, 6.07) is 14.3. The molecular formula is C19H16BrN3O3. The number of para-hydroxylation sites is 1. The number of carbonyl (C=O) groups is 2. The van der Waals surface area contributed by atoms with Crippen LogP contribution in [0.4, 0.5) is 5.69 Å². The summed E-state index contributed by atoms with van der Waals surface area (Å²) < 4.78 is 6.01. The summed E-state index contributed by atoms with van der Waals surface area (Å²) in [7, 11) is 0. The molecule has 0 saturated carbocycles. The average molecular weight is 414 g/mol. The Hall–Kier alpha value is -2.93. The molecule has 0 unspecified atom stereocenters. The molecule has 6 nitrogen and oxygen atoms in total. The van der Waals surface area contributed by atoms with Crippen LogP contribution in [-0.4, -0.2) is 28.2 Å². The summed E-state index contributed by atoms with van der Waals surface area (Å²) in [5, 5.41) is 2.78. The highest BCUT2D eigenvalue weighted by atomic mass is 79.9. The first-order valence-corrected chi connectivity index (χ1v) is 8.68. The zero-order valence-electron chi connectivity index (χ0n) is 13.8. The Bertz CT molecular complexity index is 882. The number of hydrogen-bond donors (Lipinski definition) is 1. The molecule has 7 heteroatoms. The number of rotatable bonds is 6. The fourth-order valence-corrected chi connectivity index (χ4v) is 2.76. The molecule has 2 aromatic heterocycles. The number of benzene rings is 1. The Morgan fingerprint density at radius 3 is 2.62 bits per heavy atom. The Balaban J connectivity index is 1.76. The number of hydrogen-bond acceptors (Lipinski definition) is 4. The van der Waals surface area contributed by atoms with Crippen molar-refractivity contribution in [3.05, 3.63) is 83.0 Å². The standard InChI is InChI=1S/C19H16BrN3O3/c20-15-9-14(10-21-11-15)19(25)23(12-17-7-4-8-26-17)13-18(24)22-16-5-2-1-3-6-16/h1-11H,12-13H2,(H,22,24). The van der Waals surface area contributed by atoms with Crippen molar-refractivity contribution in [2.75, 3.05) is 11.9 Å². The molecule has 3 rings (SSSR count). The molecule has 1 aromatic carbocycles. The highest BCUT2D eigenvalue weighted by Crippen LogP contribution is 2.15. The number of halogens is 1. The second-order valence-electron chi connectivity index (χ2n) is 5.55. The number of furan rings is 1. The minimum absolute atomic E-state index is 0.110. The smallest absolute Gasteiger partial charge is 0.256 e. The van der Waals surface area contributed by atoms with Gasteiger partial charge in [-0.3, -0.25) is 14.6 Å². The lowest BCUT2D eigenvalue weighted by Gasteiger charge is -2.21. The molecule has 1 N–H and O–H groups in total. The first-order chi connectivity index (χ1) is 12.6. The van der Waals surface area contributed by atoms with E-state index in [0.717, 1.165) is 0 Å². The lowest BCUT2D eigenvalue weighted by molar-refractivity contribution is -0.117. The quantitative estimate of drug-likeness (QED) is 0.667. The molecule has 2 amide bonds. The number of amides is 2. The first kappa shape index (κ1) is 17.9. The number of anilines is 1. The molecule has 2 heterocycles. The fourth-order valence-electron chi connectivity index (χ4n) is 2.40. The molecule has 0 aliphatic carbocycles. The number of nitrogens with one attached hydrogen (secondary N) is 1. The zero-order valence-corrected chi connectivity index (χ0v) is 15.3. The van der Waals surface area contributed by atoms with Gasteiger partial charge < -0.3 is 14.6 Å². The fraction of sp³-hybridized carbons (Fsp3) is 0.105. The van der Waals surface area contributed by atoms with E-state index in [9.17, 15) is 9.59 Å². The molecular weight excluding hydrogens is 398 g/mol. The van der Waals surface area contributed by atoms with Gasteiger partial charge in [0.1, 0.15) is 12.3 Å². The third-order valence-corrected chi connectivity index (χ3v) is 3.99. The number of carbonyl (C=O) groups excluding carboxylic acids is 2. The Morgan fingerprint density at radius 2 is 1.92 bits per heavy atom. The van der Waals surface area contributed by atoms with Crippen LogP contribution < -0.4 is 5.32 Å². The molecule has 0 radical (unpaired) electrons. The van der Waals surface area contributed by atoms with E-state index in [1.165, 1.54) is 17.4 Å². The van der Waals surface area contributed by atoms with E-state index >= 15 is 0 Å².